The van der Waals surface area contributed by atoms with Crippen LogP contribution in [0.4, 0.5) is 0 Å². The number of halogens is 1. The zero-order valence-corrected chi connectivity index (χ0v) is 14.7. The molecule has 1 aliphatic heterocycles. The van der Waals surface area contributed by atoms with Gasteiger partial charge >= 0.3 is 0 Å². The highest BCUT2D eigenvalue weighted by atomic mass is 79.9. The predicted octanol–water partition coefficient (Wildman–Crippen LogP) is 2.33. The fourth-order valence-electron chi connectivity index (χ4n) is 2.73. The zero-order chi connectivity index (χ0) is 15.4. The number of carbonyl (C=O) groups excluding carboxylic acids is 1. The van der Waals surface area contributed by atoms with Crippen LogP contribution in [0.5, 0.6) is 0 Å². The van der Waals surface area contributed by atoms with Crippen molar-refractivity contribution in [1.82, 2.24) is 20.0 Å². The Balaban J connectivity index is 1.98. The van der Waals surface area contributed by atoms with Crippen LogP contribution in [0.1, 0.15) is 45.0 Å². The van der Waals surface area contributed by atoms with E-state index in [1.807, 2.05) is 16.5 Å². The fourth-order valence-corrected chi connectivity index (χ4v) is 3.44. The molecular weight excluding hydrogens is 332 g/mol. The second-order valence-electron chi connectivity index (χ2n) is 5.51. The van der Waals surface area contributed by atoms with Crippen LogP contribution in [0, 0.1) is 0 Å². The molecule has 1 aromatic rings. The van der Waals surface area contributed by atoms with Crippen molar-refractivity contribution in [2.75, 3.05) is 13.1 Å². The summed E-state index contributed by atoms with van der Waals surface area (Å²) in [6.07, 6.45) is 3.17. The SMILES string of the molecule is CCc1nn(CC)c(CNC(C)C(=O)N2CCCC2)c1Br. The van der Waals surface area contributed by atoms with Gasteiger partial charge in [-0.3, -0.25) is 9.48 Å². The Kier molecular flexibility index (Phi) is 5.81. The van der Waals surface area contributed by atoms with Gasteiger partial charge in [-0.2, -0.15) is 5.10 Å². The van der Waals surface area contributed by atoms with Crippen LogP contribution in [-0.4, -0.2) is 39.7 Å². The van der Waals surface area contributed by atoms with Gasteiger partial charge in [-0.15, -0.1) is 0 Å². The Morgan fingerprint density at radius 2 is 2.05 bits per heavy atom. The summed E-state index contributed by atoms with van der Waals surface area (Å²) in [5, 5.41) is 7.93. The number of aromatic nitrogens is 2. The van der Waals surface area contributed by atoms with Gasteiger partial charge in [0.25, 0.3) is 0 Å². The van der Waals surface area contributed by atoms with Gasteiger partial charge in [-0.25, -0.2) is 0 Å². The van der Waals surface area contributed by atoms with E-state index in [0.29, 0.717) is 6.54 Å². The highest BCUT2D eigenvalue weighted by Gasteiger charge is 2.23. The molecule has 0 aliphatic carbocycles. The molecule has 2 heterocycles. The van der Waals surface area contributed by atoms with E-state index in [2.05, 4.69) is 40.2 Å². The number of nitrogens with one attached hydrogen (secondary N) is 1. The average molecular weight is 357 g/mol. The van der Waals surface area contributed by atoms with Gasteiger partial charge < -0.3 is 10.2 Å². The number of amides is 1. The minimum Gasteiger partial charge on any atom is -0.341 e. The van der Waals surface area contributed by atoms with Crippen molar-refractivity contribution < 1.29 is 4.79 Å². The summed E-state index contributed by atoms with van der Waals surface area (Å²) in [5.74, 6) is 0.210. The maximum absolute atomic E-state index is 12.3. The monoisotopic (exact) mass is 356 g/mol. The van der Waals surface area contributed by atoms with Gasteiger partial charge in [0.2, 0.25) is 5.91 Å². The summed E-state index contributed by atoms with van der Waals surface area (Å²) in [6, 6.07) is -0.153. The third kappa shape index (κ3) is 3.66. The molecule has 21 heavy (non-hydrogen) atoms. The minimum atomic E-state index is -0.153. The summed E-state index contributed by atoms with van der Waals surface area (Å²) >= 11 is 3.64. The second kappa shape index (κ2) is 7.40. The first-order valence-corrected chi connectivity index (χ1v) is 8.64. The lowest BCUT2D eigenvalue weighted by Gasteiger charge is -2.21. The van der Waals surface area contributed by atoms with Crippen molar-refractivity contribution >= 4 is 21.8 Å². The van der Waals surface area contributed by atoms with Crippen molar-refractivity contribution in [3.8, 4) is 0 Å². The molecule has 1 unspecified atom stereocenters. The number of aryl methyl sites for hydroxylation is 2. The lowest BCUT2D eigenvalue weighted by molar-refractivity contribution is -0.132. The Labute approximate surface area is 135 Å². The molecule has 0 aromatic carbocycles. The Hall–Kier alpha value is -0.880. The van der Waals surface area contributed by atoms with E-state index in [1.165, 1.54) is 0 Å². The van der Waals surface area contributed by atoms with Crippen molar-refractivity contribution in [1.29, 1.82) is 0 Å². The number of rotatable bonds is 6. The fraction of sp³-hybridized carbons (Fsp3) is 0.733. The van der Waals surface area contributed by atoms with E-state index in [9.17, 15) is 4.79 Å². The van der Waals surface area contributed by atoms with E-state index in [1.54, 1.807) is 0 Å². The van der Waals surface area contributed by atoms with E-state index in [4.69, 9.17) is 0 Å². The molecule has 0 spiro atoms. The molecular formula is C15H25BrN4O. The van der Waals surface area contributed by atoms with Crippen LogP contribution >= 0.6 is 15.9 Å². The minimum absolute atomic E-state index is 0.153. The van der Waals surface area contributed by atoms with Crippen LogP contribution in [-0.2, 0) is 24.3 Å². The zero-order valence-electron chi connectivity index (χ0n) is 13.2. The summed E-state index contributed by atoms with van der Waals surface area (Å²) < 4.78 is 3.07. The van der Waals surface area contributed by atoms with Gasteiger partial charge in [0, 0.05) is 26.2 Å². The lowest BCUT2D eigenvalue weighted by atomic mass is 10.2. The van der Waals surface area contributed by atoms with E-state index in [0.717, 1.165) is 54.8 Å². The van der Waals surface area contributed by atoms with Gasteiger partial charge in [0.1, 0.15) is 0 Å². The van der Waals surface area contributed by atoms with E-state index < -0.39 is 0 Å². The van der Waals surface area contributed by atoms with Crippen molar-refractivity contribution in [2.24, 2.45) is 0 Å². The first-order valence-electron chi connectivity index (χ1n) is 7.84. The normalized spacial score (nSPS) is 16.5. The molecule has 2 rings (SSSR count). The molecule has 1 fully saturated rings. The molecule has 6 heteroatoms. The number of hydrogen-bond donors (Lipinski definition) is 1. The number of carbonyl (C=O) groups is 1. The third-order valence-electron chi connectivity index (χ3n) is 4.06. The van der Waals surface area contributed by atoms with Crippen LogP contribution in [0.2, 0.25) is 0 Å². The number of nitrogens with zero attached hydrogens (tertiary/aromatic N) is 3. The quantitative estimate of drug-likeness (QED) is 0.850. The summed E-state index contributed by atoms with van der Waals surface area (Å²) in [4.78, 5) is 14.3. The molecule has 1 saturated heterocycles. The van der Waals surface area contributed by atoms with Crippen LogP contribution < -0.4 is 5.32 Å². The predicted molar refractivity (Wildman–Crippen MR) is 87.1 cm³/mol. The molecule has 5 nitrogen and oxygen atoms in total. The molecule has 1 N–H and O–H groups in total. The van der Waals surface area contributed by atoms with Crippen molar-refractivity contribution in [3.05, 3.63) is 15.9 Å². The molecule has 1 amide bonds. The smallest absolute Gasteiger partial charge is 0.239 e. The van der Waals surface area contributed by atoms with Gasteiger partial charge in [0.05, 0.1) is 21.9 Å². The lowest BCUT2D eigenvalue weighted by Crippen LogP contribution is -2.43. The molecule has 0 radical (unpaired) electrons. The topological polar surface area (TPSA) is 50.2 Å². The highest BCUT2D eigenvalue weighted by molar-refractivity contribution is 9.10. The van der Waals surface area contributed by atoms with Crippen LogP contribution in [0.3, 0.4) is 0 Å². The standard InChI is InChI=1S/C15H25BrN4O/c1-4-12-14(16)13(20(5-2)18-12)10-17-11(3)15(21)19-8-6-7-9-19/h11,17H,4-10H2,1-3H3. The molecule has 0 saturated carbocycles. The van der Waals surface area contributed by atoms with Gasteiger partial charge in [0.15, 0.2) is 0 Å². The highest BCUT2D eigenvalue weighted by Crippen LogP contribution is 2.22. The largest absolute Gasteiger partial charge is 0.341 e. The maximum Gasteiger partial charge on any atom is 0.239 e. The first-order chi connectivity index (χ1) is 10.1. The molecule has 118 valence electrons. The molecule has 0 bridgehead atoms. The third-order valence-corrected chi connectivity index (χ3v) is 4.97. The number of likely N-dealkylation sites (tertiary alicyclic amines) is 1. The van der Waals surface area contributed by atoms with Crippen LogP contribution in [0.25, 0.3) is 0 Å². The van der Waals surface area contributed by atoms with E-state index in [-0.39, 0.29) is 11.9 Å². The maximum atomic E-state index is 12.3. The van der Waals surface area contributed by atoms with Crippen LogP contribution in [0.15, 0.2) is 4.47 Å². The first kappa shape index (κ1) is 16.5. The Morgan fingerprint density at radius 1 is 1.38 bits per heavy atom. The Bertz CT molecular complexity index is 494. The second-order valence-corrected chi connectivity index (χ2v) is 6.30. The number of hydrogen-bond acceptors (Lipinski definition) is 3. The summed E-state index contributed by atoms with van der Waals surface area (Å²) in [7, 11) is 0. The molecule has 1 atom stereocenters. The Morgan fingerprint density at radius 3 is 2.62 bits per heavy atom. The summed E-state index contributed by atoms with van der Waals surface area (Å²) in [6.45, 7) is 9.43. The molecule has 1 aromatic heterocycles. The average Bonchev–Trinajstić information content (AvgIpc) is 3.12. The van der Waals surface area contributed by atoms with Crippen molar-refractivity contribution in [2.45, 2.75) is 59.2 Å². The van der Waals surface area contributed by atoms with Gasteiger partial charge in [-0.05, 0) is 49.0 Å². The summed E-state index contributed by atoms with van der Waals surface area (Å²) in [5.41, 5.74) is 2.20. The van der Waals surface area contributed by atoms with E-state index >= 15 is 0 Å². The van der Waals surface area contributed by atoms with Crippen molar-refractivity contribution in [3.63, 3.8) is 0 Å². The van der Waals surface area contributed by atoms with Gasteiger partial charge in [-0.1, -0.05) is 6.92 Å². The molecule has 1 aliphatic rings.